The van der Waals surface area contributed by atoms with Crippen molar-refractivity contribution in [2.45, 2.75) is 40.3 Å². The third-order valence-electron chi connectivity index (χ3n) is 3.41. The zero-order valence-corrected chi connectivity index (χ0v) is 14.6. The smallest absolute Gasteiger partial charge is 0.139 e. The molecule has 3 nitrogen and oxygen atoms in total. The van der Waals surface area contributed by atoms with Crippen LogP contribution in [-0.4, -0.2) is 9.78 Å². The van der Waals surface area contributed by atoms with Gasteiger partial charge < -0.3 is 5.32 Å². The lowest BCUT2D eigenvalue weighted by molar-refractivity contribution is 0.616. The number of hydrogen-bond donors (Lipinski definition) is 1. The highest BCUT2D eigenvalue weighted by atomic mass is 79.9. The van der Waals surface area contributed by atoms with Crippen molar-refractivity contribution in [1.29, 1.82) is 0 Å². The molecule has 0 spiro atoms. The van der Waals surface area contributed by atoms with E-state index in [-0.39, 0.29) is 5.82 Å². The van der Waals surface area contributed by atoms with Gasteiger partial charge in [-0.3, -0.25) is 4.68 Å². The topological polar surface area (TPSA) is 29.9 Å². The molecule has 0 aliphatic rings. The van der Waals surface area contributed by atoms with Crippen LogP contribution < -0.4 is 5.32 Å². The quantitative estimate of drug-likeness (QED) is 0.803. The monoisotopic (exact) mass is 373 g/mol. The lowest BCUT2D eigenvalue weighted by atomic mass is 10.2. The molecule has 114 valence electrons. The molecule has 21 heavy (non-hydrogen) atoms. The molecule has 0 atom stereocenters. The number of nitrogens with one attached hydrogen (secondary N) is 1. The molecule has 2 aromatic rings. The standard InChI is InChI=1S/C15H18BrClFN3/c1-4-12-15(17)14(21(5-2)20-12)8-19-13-7-11(18)10(16)6-9(13)3/h6-7,19H,4-5,8H2,1-3H3. The SMILES string of the molecule is CCc1nn(CC)c(CNc2cc(F)c(Br)cc2C)c1Cl. The Bertz CT molecular complexity index is 655. The predicted octanol–water partition coefficient (Wildman–Crippen LogP) is 4.94. The van der Waals surface area contributed by atoms with Gasteiger partial charge in [0, 0.05) is 12.2 Å². The Balaban J connectivity index is 2.24. The molecule has 0 saturated carbocycles. The lowest BCUT2D eigenvalue weighted by Gasteiger charge is -2.12. The van der Waals surface area contributed by atoms with Crippen LogP contribution in [0, 0.1) is 12.7 Å². The minimum absolute atomic E-state index is 0.285. The van der Waals surface area contributed by atoms with E-state index in [0.717, 1.165) is 35.6 Å². The molecule has 0 bridgehead atoms. The van der Waals surface area contributed by atoms with Crippen LogP contribution in [0.4, 0.5) is 10.1 Å². The second-order valence-corrected chi connectivity index (χ2v) is 6.04. The van der Waals surface area contributed by atoms with Crippen LogP contribution in [0.1, 0.15) is 30.8 Å². The number of benzene rings is 1. The molecule has 0 amide bonds. The highest BCUT2D eigenvalue weighted by molar-refractivity contribution is 9.10. The van der Waals surface area contributed by atoms with Gasteiger partial charge in [-0.1, -0.05) is 18.5 Å². The summed E-state index contributed by atoms with van der Waals surface area (Å²) in [5.74, 6) is -0.285. The van der Waals surface area contributed by atoms with E-state index in [1.54, 1.807) is 6.07 Å². The summed E-state index contributed by atoms with van der Waals surface area (Å²) >= 11 is 9.55. The van der Waals surface area contributed by atoms with Crippen LogP contribution in [0.25, 0.3) is 0 Å². The maximum atomic E-state index is 13.6. The molecule has 1 aromatic carbocycles. The number of anilines is 1. The Hall–Kier alpha value is -1.07. The fourth-order valence-electron chi connectivity index (χ4n) is 2.20. The number of aryl methyl sites for hydroxylation is 3. The molecule has 2 rings (SSSR count). The van der Waals surface area contributed by atoms with E-state index < -0.39 is 0 Å². The zero-order valence-electron chi connectivity index (χ0n) is 12.3. The van der Waals surface area contributed by atoms with Gasteiger partial charge in [0.25, 0.3) is 0 Å². The normalized spacial score (nSPS) is 11.0. The van der Waals surface area contributed by atoms with Crippen LogP contribution in [0.2, 0.25) is 5.02 Å². The van der Waals surface area contributed by atoms with Gasteiger partial charge in [0.05, 0.1) is 27.4 Å². The summed E-state index contributed by atoms with van der Waals surface area (Å²) in [7, 11) is 0. The van der Waals surface area contributed by atoms with E-state index in [2.05, 4.69) is 26.3 Å². The van der Waals surface area contributed by atoms with Crippen molar-refractivity contribution in [3.63, 3.8) is 0 Å². The van der Waals surface area contributed by atoms with E-state index in [9.17, 15) is 4.39 Å². The first-order valence-corrected chi connectivity index (χ1v) is 8.08. The van der Waals surface area contributed by atoms with Crippen LogP contribution in [0.3, 0.4) is 0 Å². The van der Waals surface area contributed by atoms with Gasteiger partial charge in [0.1, 0.15) is 5.82 Å². The number of hydrogen-bond acceptors (Lipinski definition) is 2. The second kappa shape index (κ2) is 6.79. The van der Waals surface area contributed by atoms with Gasteiger partial charge >= 0.3 is 0 Å². The van der Waals surface area contributed by atoms with Crippen molar-refractivity contribution in [3.05, 3.63) is 44.4 Å². The summed E-state index contributed by atoms with van der Waals surface area (Å²) in [5.41, 5.74) is 3.55. The Kier molecular flexibility index (Phi) is 5.27. The summed E-state index contributed by atoms with van der Waals surface area (Å²) in [5, 5.41) is 8.42. The molecule has 0 radical (unpaired) electrons. The number of halogens is 3. The molecular formula is C15H18BrClFN3. The molecule has 1 N–H and O–H groups in total. The Morgan fingerprint density at radius 2 is 2.10 bits per heavy atom. The van der Waals surface area contributed by atoms with Gasteiger partial charge in [-0.25, -0.2) is 4.39 Å². The van der Waals surface area contributed by atoms with Crippen molar-refractivity contribution >= 4 is 33.2 Å². The number of nitrogens with zero attached hydrogens (tertiary/aromatic N) is 2. The van der Waals surface area contributed by atoms with Gasteiger partial charge in [-0.05, 0) is 53.9 Å². The van der Waals surface area contributed by atoms with Crippen molar-refractivity contribution in [2.75, 3.05) is 5.32 Å². The fraction of sp³-hybridized carbons (Fsp3) is 0.400. The van der Waals surface area contributed by atoms with Crippen molar-refractivity contribution < 1.29 is 4.39 Å². The minimum atomic E-state index is -0.285. The zero-order chi connectivity index (χ0) is 15.6. The first-order valence-electron chi connectivity index (χ1n) is 6.91. The fourth-order valence-corrected chi connectivity index (χ4v) is 3.00. The van der Waals surface area contributed by atoms with Crippen LogP contribution in [-0.2, 0) is 19.5 Å². The van der Waals surface area contributed by atoms with Crippen LogP contribution in [0.5, 0.6) is 0 Å². The van der Waals surface area contributed by atoms with Crippen molar-refractivity contribution in [1.82, 2.24) is 9.78 Å². The first kappa shape index (κ1) is 16.3. The van der Waals surface area contributed by atoms with E-state index in [4.69, 9.17) is 11.6 Å². The van der Waals surface area contributed by atoms with E-state index >= 15 is 0 Å². The summed E-state index contributed by atoms with van der Waals surface area (Å²) in [6.07, 6.45) is 0.796. The van der Waals surface area contributed by atoms with E-state index in [1.165, 1.54) is 6.07 Å². The molecule has 0 aliphatic carbocycles. The predicted molar refractivity (Wildman–Crippen MR) is 88.5 cm³/mol. The van der Waals surface area contributed by atoms with Crippen molar-refractivity contribution in [2.24, 2.45) is 0 Å². The Morgan fingerprint density at radius 3 is 2.71 bits per heavy atom. The molecular weight excluding hydrogens is 357 g/mol. The lowest BCUT2D eigenvalue weighted by Crippen LogP contribution is -2.09. The van der Waals surface area contributed by atoms with Crippen LogP contribution in [0.15, 0.2) is 16.6 Å². The maximum Gasteiger partial charge on any atom is 0.139 e. The molecule has 6 heteroatoms. The summed E-state index contributed by atoms with van der Waals surface area (Å²) in [6, 6.07) is 3.24. The Morgan fingerprint density at radius 1 is 1.38 bits per heavy atom. The largest absolute Gasteiger partial charge is 0.379 e. The van der Waals surface area contributed by atoms with Gasteiger partial charge in [-0.15, -0.1) is 0 Å². The van der Waals surface area contributed by atoms with Gasteiger partial charge in [0.15, 0.2) is 0 Å². The molecule has 1 heterocycles. The first-order chi connectivity index (χ1) is 9.97. The van der Waals surface area contributed by atoms with Gasteiger partial charge in [0.2, 0.25) is 0 Å². The Labute approximate surface area is 137 Å². The molecule has 0 unspecified atom stereocenters. The molecule has 0 fully saturated rings. The minimum Gasteiger partial charge on any atom is -0.379 e. The van der Waals surface area contributed by atoms with Crippen LogP contribution >= 0.6 is 27.5 Å². The second-order valence-electron chi connectivity index (χ2n) is 4.81. The maximum absolute atomic E-state index is 13.6. The highest BCUT2D eigenvalue weighted by Crippen LogP contribution is 2.26. The molecule has 0 saturated heterocycles. The van der Waals surface area contributed by atoms with E-state index in [0.29, 0.717) is 16.0 Å². The average Bonchev–Trinajstić information content (AvgIpc) is 2.77. The molecule has 1 aromatic heterocycles. The summed E-state index contributed by atoms with van der Waals surface area (Å²) in [6.45, 7) is 7.26. The highest BCUT2D eigenvalue weighted by Gasteiger charge is 2.14. The number of aromatic nitrogens is 2. The molecule has 0 aliphatic heterocycles. The average molecular weight is 375 g/mol. The summed E-state index contributed by atoms with van der Waals surface area (Å²) in [4.78, 5) is 0. The third kappa shape index (κ3) is 3.40. The number of rotatable bonds is 5. The third-order valence-corrected chi connectivity index (χ3v) is 4.45. The summed E-state index contributed by atoms with van der Waals surface area (Å²) < 4.78 is 16.0. The van der Waals surface area contributed by atoms with Crippen molar-refractivity contribution in [3.8, 4) is 0 Å². The van der Waals surface area contributed by atoms with Gasteiger partial charge in [-0.2, -0.15) is 5.10 Å². The van der Waals surface area contributed by atoms with E-state index in [1.807, 2.05) is 25.5 Å².